The summed E-state index contributed by atoms with van der Waals surface area (Å²) in [6.45, 7) is 0. The van der Waals surface area contributed by atoms with E-state index in [0.29, 0.717) is 28.5 Å². The number of thioether (sulfide) groups is 1. The van der Waals surface area contributed by atoms with Crippen molar-refractivity contribution in [3.05, 3.63) is 42.2 Å². The quantitative estimate of drug-likeness (QED) is 0.553. The molecular formula is C19H18FN3O5S. The highest BCUT2D eigenvalue weighted by Gasteiger charge is 2.16. The van der Waals surface area contributed by atoms with Crippen LogP contribution in [-0.2, 0) is 4.79 Å². The van der Waals surface area contributed by atoms with Crippen LogP contribution in [0.2, 0.25) is 0 Å². The van der Waals surface area contributed by atoms with Crippen LogP contribution in [-0.4, -0.2) is 43.2 Å². The number of ether oxygens (including phenoxy) is 3. The van der Waals surface area contributed by atoms with Crippen LogP contribution in [0.3, 0.4) is 0 Å². The molecule has 1 N–H and O–H groups in total. The molecule has 1 heterocycles. The molecule has 0 aliphatic carbocycles. The molecule has 2 aromatic carbocycles. The number of carbonyl (C=O) groups excluding carboxylic acids is 1. The van der Waals surface area contributed by atoms with Crippen LogP contribution in [0.25, 0.3) is 11.5 Å². The summed E-state index contributed by atoms with van der Waals surface area (Å²) in [4.78, 5) is 12.3. The molecule has 0 atom stereocenters. The standard InChI is InChI=1S/C19H18FN3O5S/c1-25-14-8-13(9-15(26-2)17(14)27-3)21-16(24)10-29-19-23-22-18(28-19)11-5-4-6-12(20)7-11/h4-9H,10H2,1-3H3,(H,21,24). The first-order chi connectivity index (χ1) is 14.0. The second-order valence-electron chi connectivity index (χ2n) is 5.63. The third-order valence-electron chi connectivity index (χ3n) is 3.75. The average Bonchev–Trinajstić information content (AvgIpc) is 3.20. The maximum atomic E-state index is 13.3. The van der Waals surface area contributed by atoms with Crippen molar-refractivity contribution in [3.8, 4) is 28.7 Å². The number of carbonyl (C=O) groups is 1. The third-order valence-corrected chi connectivity index (χ3v) is 4.57. The molecule has 0 unspecified atom stereocenters. The Kier molecular flexibility index (Phi) is 6.55. The van der Waals surface area contributed by atoms with Gasteiger partial charge in [0.1, 0.15) is 5.82 Å². The number of amides is 1. The molecule has 0 radical (unpaired) electrons. The second-order valence-corrected chi connectivity index (χ2v) is 6.56. The van der Waals surface area contributed by atoms with Gasteiger partial charge in [-0.1, -0.05) is 17.8 Å². The van der Waals surface area contributed by atoms with Gasteiger partial charge < -0.3 is 23.9 Å². The van der Waals surface area contributed by atoms with E-state index in [1.54, 1.807) is 24.3 Å². The van der Waals surface area contributed by atoms with Crippen molar-refractivity contribution in [2.24, 2.45) is 0 Å². The summed E-state index contributed by atoms with van der Waals surface area (Å²) in [6, 6.07) is 9.06. The molecule has 0 bridgehead atoms. The molecule has 8 nitrogen and oxygen atoms in total. The van der Waals surface area contributed by atoms with Crippen molar-refractivity contribution in [1.29, 1.82) is 0 Å². The van der Waals surface area contributed by atoms with Gasteiger partial charge in [-0.2, -0.15) is 0 Å². The van der Waals surface area contributed by atoms with Gasteiger partial charge in [-0.15, -0.1) is 10.2 Å². The van der Waals surface area contributed by atoms with E-state index in [9.17, 15) is 9.18 Å². The van der Waals surface area contributed by atoms with Gasteiger partial charge in [0.25, 0.3) is 5.22 Å². The van der Waals surface area contributed by atoms with E-state index in [2.05, 4.69) is 15.5 Å². The smallest absolute Gasteiger partial charge is 0.277 e. The van der Waals surface area contributed by atoms with Crippen molar-refractivity contribution in [2.75, 3.05) is 32.4 Å². The first kappa shape index (κ1) is 20.5. The van der Waals surface area contributed by atoms with Crippen LogP contribution in [0, 0.1) is 5.82 Å². The zero-order chi connectivity index (χ0) is 20.8. The molecule has 0 aliphatic rings. The normalized spacial score (nSPS) is 10.5. The number of benzene rings is 2. The van der Waals surface area contributed by atoms with E-state index in [1.165, 1.54) is 33.5 Å². The van der Waals surface area contributed by atoms with E-state index < -0.39 is 5.82 Å². The molecule has 29 heavy (non-hydrogen) atoms. The number of methoxy groups -OCH3 is 3. The lowest BCUT2D eigenvalue weighted by atomic mass is 10.2. The van der Waals surface area contributed by atoms with Crippen molar-refractivity contribution in [2.45, 2.75) is 5.22 Å². The SMILES string of the molecule is COc1cc(NC(=O)CSc2nnc(-c3cccc(F)c3)o2)cc(OC)c1OC. The van der Waals surface area contributed by atoms with Crippen LogP contribution in [0.5, 0.6) is 17.2 Å². The molecule has 3 aromatic rings. The van der Waals surface area contributed by atoms with Crippen molar-refractivity contribution >= 4 is 23.4 Å². The Hall–Kier alpha value is -3.27. The minimum atomic E-state index is -0.403. The number of aromatic nitrogens is 2. The number of hydrogen-bond acceptors (Lipinski definition) is 8. The number of halogens is 1. The van der Waals surface area contributed by atoms with E-state index >= 15 is 0 Å². The highest BCUT2D eigenvalue weighted by molar-refractivity contribution is 7.99. The van der Waals surface area contributed by atoms with Crippen LogP contribution in [0.1, 0.15) is 0 Å². The molecule has 1 amide bonds. The van der Waals surface area contributed by atoms with Crippen molar-refractivity contribution in [1.82, 2.24) is 10.2 Å². The first-order valence-electron chi connectivity index (χ1n) is 8.36. The summed E-state index contributed by atoms with van der Waals surface area (Å²) in [5, 5.41) is 10.7. The zero-order valence-electron chi connectivity index (χ0n) is 15.9. The average molecular weight is 419 g/mol. The van der Waals surface area contributed by atoms with Gasteiger partial charge in [-0.25, -0.2) is 4.39 Å². The number of anilines is 1. The lowest BCUT2D eigenvalue weighted by molar-refractivity contribution is -0.113. The molecule has 3 rings (SSSR count). The van der Waals surface area contributed by atoms with E-state index in [4.69, 9.17) is 18.6 Å². The number of rotatable bonds is 8. The third kappa shape index (κ3) is 4.96. The summed E-state index contributed by atoms with van der Waals surface area (Å²) in [6.07, 6.45) is 0. The Morgan fingerprint density at radius 2 is 1.83 bits per heavy atom. The summed E-state index contributed by atoms with van der Waals surface area (Å²) >= 11 is 1.06. The Morgan fingerprint density at radius 1 is 1.10 bits per heavy atom. The minimum Gasteiger partial charge on any atom is -0.493 e. The fourth-order valence-electron chi connectivity index (χ4n) is 2.48. The number of nitrogens with zero attached hydrogens (tertiary/aromatic N) is 2. The lowest BCUT2D eigenvalue weighted by Crippen LogP contribution is -2.14. The molecule has 0 saturated heterocycles. The Labute approximate surface area is 170 Å². The summed E-state index contributed by atoms with van der Waals surface area (Å²) in [7, 11) is 4.48. The largest absolute Gasteiger partial charge is 0.493 e. The first-order valence-corrected chi connectivity index (χ1v) is 9.34. The van der Waals surface area contributed by atoms with Gasteiger partial charge in [0.05, 0.1) is 27.1 Å². The second kappa shape index (κ2) is 9.28. The summed E-state index contributed by atoms with van der Waals surface area (Å²) < 4.78 is 34.5. The van der Waals surface area contributed by atoms with Crippen LogP contribution < -0.4 is 19.5 Å². The highest BCUT2D eigenvalue weighted by Crippen LogP contribution is 2.40. The predicted octanol–water partition coefficient (Wildman–Crippen LogP) is 3.63. The molecular weight excluding hydrogens is 401 g/mol. The fourth-order valence-corrected chi connectivity index (χ4v) is 3.05. The van der Waals surface area contributed by atoms with Crippen LogP contribution >= 0.6 is 11.8 Å². The Morgan fingerprint density at radius 3 is 2.45 bits per heavy atom. The lowest BCUT2D eigenvalue weighted by Gasteiger charge is -2.14. The van der Waals surface area contributed by atoms with E-state index in [1.807, 2.05) is 0 Å². The Balaban J connectivity index is 1.63. The van der Waals surface area contributed by atoms with Crippen LogP contribution in [0.15, 0.2) is 46.0 Å². The van der Waals surface area contributed by atoms with Gasteiger partial charge in [0.2, 0.25) is 17.5 Å². The molecule has 0 aliphatic heterocycles. The summed E-state index contributed by atoms with van der Waals surface area (Å²) in [5.74, 6) is 0.781. The minimum absolute atomic E-state index is 0.0292. The molecule has 152 valence electrons. The van der Waals surface area contributed by atoms with Crippen molar-refractivity contribution < 1.29 is 27.8 Å². The molecule has 1 aromatic heterocycles. The highest BCUT2D eigenvalue weighted by atomic mass is 32.2. The maximum absolute atomic E-state index is 13.3. The number of hydrogen-bond donors (Lipinski definition) is 1. The van der Waals surface area contributed by atoms with Crippen LogP contribution in [0.4, 0.5) is 10.1 Å². The van der Waals surface area contributed by atoms with E-state index in [-0.39, 0.29) is 22.8 Å². The molecule has 0 fully saturated rings. The zero-order valence-corrected chi connectivity index (χ0v) is 16.7. The molecule has 0 saturated carbocycles. The fraction of sp³-hybridized carbons (Fsp3) is 0.211. The van der Waals surface area contributed by atoms with Gasteiger partial charge in [-0.05, 0) is 18.2 Å². The van der Waals surface area contributed by atoms with E-state index in [0.717, 1.165) is 11.8 Å². The topological polar surface area (TPSA) is 95.7 Å². The summed E-state index contributed by atoms with van der Waals surface area (Å²) in [5.41, 5.74) is 0.947. The Bertz CT molecular complexity index is 986. The van der Waals surface area contributed by atoms with Crippen molar-refractivity contribution in [3.63, 3.8) is 0 Å². The van der Waals surface area contributed by atoms with Gasteiger partial charge in [-0.3, -0.25) is 4.79 Å². The number of nitrogens with one attached hydrogen (secondary N) is 1. The molecule has 10 heteroatoms. The van der Waals surface area contributed by atoms with Gasteiger partial charge >= 0.3 is 0 Å². The predicted molar refractivity (Wildman–Crippen MR) is 105 cm³/mol. The molecule has 0 spiro atoms. The van der Waals surface area contributed by atoms with Gasteiger partial charge in [0, 0.05) is 23.4 Å². The monoisotopic (exact) mass is 419 g/mol. The maximum Gasteiger partial charge on any atom is 0.277 e. The van der Waals surface area contributed by atoms with Gasteiger partial charge in [0.15, 0.2) is 11.5 Å².